The van der Waals surface area contributed by atoms with E-state index in [9.17, 15) is 19.8 Å². The van der Waals surface area contributed by atoms with Crippen molar-refractivity contribution in [3.63, 3.8) is 0 Å². The maximum Gasteiger partial charge on any atom is 0.325 e. The van der Waals surface area contributed by atoms with Crippen LogP contribution in [0.1, 0.15) is 11.1 Å². The van der Waals surface area contributed by atoms with E-state index >= 15 is 0 Å². The zero-order chi connectivity index (χ0) is 18.2. The number of halogens is 1. The Morgan fingerprint density at radius 2 is 1.96 bits per heavy atom. The van der Waals surface area contributed by atoms with Gasteiger partial charge in [0.25, 0.3) is 0 Å². The Kier molecular flexibility index (Phi) is 4.41. The second-order valence-electron chi connectivity index (χ2n) is 5.71. The Morgan fingerprint density at radius 1 is 1.24 bits per heavy atom. The number of aromatic hydroxyl groups is 1. The van der Waals surface area contributed by atoms with Crippen LogP contribution in [-0.2, 0) is 19.7 Å². The molecule has 0 aliphatic carbocycles. The molecule has 1 amide bonds. The summed E-state index contributed by atoms with van der Waals surface area (Å²) in [5.41, 5.74) is -0.297. The summed E-state index contributed by atoms with van der Waals surface area (Å²) in [6, 6.07) is 11.2. The quantitative estimate of drug-likeness (QED) is 0.811. The SMILES string of the molecule is COC(=O)CN1C(=O)C(CO)(c2ccc(Cl)cc2O)c2ccccc21. The number of ether oxygens (including phenoxy) is 1. The highest BCUT2D eigenvalue weighted by atomic mass is 35.5. The first-order valence-electron chi connectivity index (χ1n) is 7.54. The topological polar surface area (TPSA) is 87.1 Å². The van der Waals surface area contributed by atoms with Crippen LogP contribution >= 0.6 is 11.6 Å². The second kappa shape index (κ2) is 6.38. The molecular weight excluding hydrogens is 346 g/mol. The molecule has 0 radical (unpaired) electrons. The molecule has 0 saturated carbocycles. The average Bonchev–Trinajstić information content (AvgIpc) is 2.84. The van der Waals surface area contributed by atoms with Crippen molar-refractivity contribution in [3.8, 4) is 5.75 Å². The average molecular weight is 362 g/mol. The van der Waals surface area contributed by atoms with E-state index in [1.54, 1.807) is 24.3 Å². The zero-order valence-electron chi connectivity index (χ0n) is 13.4. The molecule has 0 aromatic heterocycles. The summed E-state index contributed by atoms with van der Waals surface area (Å²) in [5, 5.41) is 20.8. The molecule has 2 aromatic rings. The number of benzene rings is 2. The smallest absolute Gasteiger partial charge is 0.325 e. The molecule has 0 bridgehead atoms. The third kappa shape index (κ3) is 2.54. The number of aliphatic hydroxyl groups is 1. The molecule has 1 aliphatic heterocycles. The Hall–Kier alpha value is -2.57. The molecule has 130 valence electrons. The standard InChI is InChI=1S/C18H16ClNO5/c1-25-16(23)9-20-14-5-3-2-4-12(14)18(10-21,17(20)24)13-7-6-11(19)8-15(13)22/h2-8,21-22H,9-10H2,1H3. The Bertz CT molecular complexity index is 853. The number of carbonyl (C=O) groups is 2. The van der Waals surface area contributed by atoms with Crippen molar-refractivity contribution in [2.75, 3.05) is 25.2 Å². The van der Waals surface area contributed by atoms with Crippen molar-refractivity contribution in [3.05, 3.63) is 58.6 Å². The molecule has 0 spiro atoms. The van der Waals surface area contributed by atoms with Gasteiger partial charge in [-0.05, 0) is 23.8 Å². The number of anilines is 1. The molecule has 7 heteroatoms. The lowest BCUT2D eigenvalue weighted by Crippen LogP contribution is -2.45. The number of para-hydroxylation sites is 1. The van der Waals surface area contributed by atoms with E-state index in [0.717, 1.165) is 0 Å². The predicted octanol–water partition coefficient (Wildman–Crippen LogP) is 1.84. The second-order valence-corrected chi connectivity index (χ2v) is 6.15. The van der Waals surface area contributed by atoms with E-state index in [2.05, 4.69) is 4.74 Å². The predicted molar refractivity (Wildman–Crippen MR) is 91.8 cm³/mol. The number of phenols is 1. The lowest BCUT2D eigenvalue weighted by atomic mass is 9.75. The normalized spacial score (nSPS) is 19.0. The van der Waals surface area contributed by atoms with E-state index in [1.807, 2.05) is 0 Å². The molecule has 0 saturated heterocycles. The van der Waals surface area contributed by atoms with Crippen molar-refractivity contribution in [2.45, 2.75) is 5.41 Å². The van der Waals surface area contributed by atoms with Gasteiger partial charge in [-0.2, -0.15) is 0 Å². The highest BCUT2D eigenvalue weighted by Gasteiger charge is 2.53. The van der Waals surface area contributed by atoms with Gasteiger partial charge < -0.3 is 14.9 Å². The van der Waals surface area contributed by atoms with Crippen LogP contribution in [0.2, 0.25) is 5.02 Å². The highest BCUT2D eigenvalue weighted by molar-refractivity contribution is 6.30. The van der Waals surface area contributed by atoms with Gasteiger partial charge in [0.05, 0.1) is 13.7 Å². The number of amides is 1. The molecule has 1 aliphatic rings. The van der Waals surface area contributed by atoms with Gasteiger partial charge in [-0.3, -0.25) is 14.5 Å². The zero-order valence-corrected chi connectivity index (χ0v) is 14.2. The van der Waals surface area contributed by atoms with Crippen LogP contribution in [0.25, 0.3) is 0 Å². The fourth-order valence-corrected chi connectivity index (χ4v) is 3.41. The molecule has 3 rings (SSSR count). The summed E-state index contributed by atoms with van der Waals surface area (Å²) < 4.78 is 4.66. The number of hydrogen-bond donors (Lipinski definition) is 2. The maximum atomic E-state index is 13.2. The van der Waals surface area contributed by atoms with Gasteiger partial charge in [-0.1, -0.05) is 35.9 Å². The van der Waals surface area contributed by atoms with Crippen molar-refractivity contribution >= 4 is 29.2 Å². The van der Waals surface area contributed by atoms with Gasteiger partial charge in [-0.25, -0.2) is 0 Å². The molecule has 1 atom stereocenters. The number of nitrogens with zero attached hydrogens (tertiary/aromatic N) is 1. The number of fused-ring (bicyclic) bond motifs is 1. The molecule has 2 aromatic carbocycles. The lowest BCUT2D eigenvalue weighted by Gasteiger charge is -2.27. The fourth-order valence-electron chi connectivity index (χ4n) is 3.24. The Balaban J connectivity index is 2.23. The molecule has 1 unspecified atom stereocenters. The van der Waals surface area contributed by atoms with Gasteiger partial charge >= 0.3 is 5.97 Å². The van der Waals surface area contributed by atoms with E-state index in [-0.39, 0.29) is 17.9 Å². The third-order valence-electron chi connectivity index (χ3n) is 4.44. The summed E-state index contributed by atoms with van der Waals surface area (Å²) in [6.45, 7) is -0.863. The highest BCUT2D eigenvalue weighted by Crippen LogP contribution is 2.48. The molecule has 6 nitrogen and oxygen atoms in total. The van der Waals surface area contributed by atoms with Gasteiger partial charge in [-0.15, -0.1) is 0 Å². The van der Waals surface area contributed by atoms with E-state index < -0.39 is 23.9 Å². The number of hydrogen-bond acceptors (Lipinski definition) is 5. The summed E-state index contributed by atoms with van der Waals surface area (Å²) >= 11 is 5.89. The van der Waals surface area contributed by atoms with Crippen LogP contribution in [0.15, 0.2) is 42.5 Å². The Morgan fingerprint density at radius 3 is 2.60 bits per heavy atom. The summed E-state index contributed by atoms with van der Waals surface area (Å²) in [6.07, 6.45) is 0. The van der Waals surface area contributed by atoms with Crippen molar-refractivity contribution < 1.29 is 24.5 Å². The minimum absolute atomic E-state index is 0.204. The van der Waals surface area contributed by atoms with Crippen molar-refractivity contribution in [2.24, 2.45) is 0 Å². The molecule has 0 fully saturated rings. The fraction of sp³-hybridized carbons (Fsp3) is 0.222. The van der Waals surface area contributed by atoms with Gasteiger partial charge in [0.2, 0.25) is 5.91 Å². The molecule has 2 N–H and O–H groups in total. The van der Waals surface area contributed by atoms with E-state index in [1.165, 1.54) is 30.2 Å². The van der Waals surface area contributed by atoms with Gasteiger partial charge in [0, 0.05) is 16.3 Å². The minimum atomic E-state index is -1.51. The minimum Gasteiger partial charge on any atom is -0.508 e. The third-order valence-corrected chi connectivity index (χ3v) is 4.67. The number of aliphatic hydroxyl groups excluding tert-OH is 1. The number of esters is 1. The van der Waals surface area contributed by atoms with Crippen LogP contribution in [0.3, 0.4) is 0 Å². The summed E-state index contributed by atoms with van der Waals surface area (Å²) in [5.74, 6) is -1.30. The largest absolute Gasteiger partial charge is 0.508 e. The van der Waals surface area contributed by atoms with E-state index in [0.29, 0.717) is 16.3 Å². The summed E-state index contributed by atoms with van der Waals surface area (Å²) in [4.78, 5) is 26.2. The Labute approximate surface area is 149 Å². The van der Waals surface area contributed by atoms with Crippen LogP contribution in [0.5, 0.6) is 5.75 Å². The van der Waals surface area contributed by atoms with Gasteiger partial charge in [0.1, 0.15) is 17.7 Å². The van der Waals surface area contributed by atoms with Crippen LogP contribution in [0.4, 0.5) is 5.69 Å². The maximum absolute atomic E-state index is 13.2. The lowest BCUT2D eigenvalue weighted by molar-refractivity contribution is -0.140. The first kappa shape index (κ1) is 17.3. The van der Waals surface area contributed by atoms with Gasteiger partial charge in [0.15, 0.2) is 0 Å². The van der Waals surface area contributed by atoms with Crippen LogP contribution in [0, 0.1) is 0 Å². The molecular formula is C18H16ClNO5. The van der Waals surface area contributed by atoms with Crippen molar-refractivity contribution in [1.29, 1.82) is 0 Å². The number of phenolic OH excluding ortho intramolecular Hbond substituents is 1. The first-order valence-corrected chi connectivity index (χ1v) is 7.91. The van der Waals surface area contributed by atoms with E-state index in [4.69, 9.17) is 11.6 Å². The molecule has 1 heterocycles. The number of methoxy groups -OCH3 is 1. The van der Waals surface area contributed by atoms with Crippen LogP contribution < -0.4 is 4.90 Å². The number of rotatable bonds is 4. The monoisotopic (exact) mass is 361 g/mol. The molecule has 25 heavy (non-hydrogen) atoms. The van der Waals surface area contributed by atoms with Crippen molar-refractivity contribution in [1.82, 2.24) is 0 Å². The first-order chi connectivity index (χ1) is 12.0. The number of carbonyl (C=O) groups excluding carboxylic acids is 2. The summed E-state index contributed by atoms with van der Waals surface area (Å²) in [7, 11) is 1.24. The van der Waals surface area contributed by atoms with Crippen LogP contribution in [-0.4, -0.2) is 42.4 Å².